The molecule has 0 aliphatic heterocycles. The van der Waals surface area contributed by atoms with Crippen LogP contribution >= 0.6 is 0 Å². The second-order valence-electron chi connectivity index (χ2n) is 5.42. The Morgan fingerprint density at radius 1 is 0.667 bits per heavy atom. The third-order valence-corrected chi connectivity index (χ3v) is 10.0. The Bertz CT molecular complexity index is 539. The zero-order chi connectivity index (χ0) is 13.3. The Labute approximate surface area is 117 Å². The van der Waals surface area contributed by atoms with Crippen LogP contribution in [0.15, 0.2) is 30.3 Å². The van der Waals surface area contributed by atoms with E-state index in [1.165, 1.54) is 27.8 Å². The van der Waals surface area contributed by atoms with E-state index in [4.69, 9.17) is 0 Å². The second-order valence-corrected chi connectivity index (χ2v) is 9.13. The summed E-state index contributed by atoms with van der Waals surface area (Å²) in [6, 6.07) is 11.4. The number of hydrogen-bond acceptors (Lipinski definition) is 0. The van der Waals surface area contributed by atoms with Crippen LogP contribution in [0.5, 0.6) is 0 Å². The Balaban J connectivity index is 2.47. The molecule has 0 fully saturated rings. The van der Waals surface area contributed by atoms with Gasteiger partial charge in [0.05, 0.1) is 0 Å². The van der Waals surface area contributed by atoms with Gasteiger partial charge in [-0.1, -0.05) is 0 Å². The van der Waals surface area contributed by atoms with Crippen molar-refractivity contribution in [2.45, 2.75) is 34.6 Å². The third kappa shape index (κ3) is 2.69. The quantitative estimate of drug-likeness (QED) is 0.747. The molecule has 2 rings (SSSR count). The van der Waals surface area contributed by atoms with Crippen molar-refractivity contribution in [3.63, 3.8) is 0 Å². The van der Waals surface area contributed by atoms with Gasteiger partial charge in [-0.2, -0.15) is 0 Å². The molecule has 0 spiro atoms. The molecule has 0 N–H and O–H groups in total. The first kappa shape index (κ1) is 13.4. The monoisotopic (exact) mass is 300 g/mol. The minimum absolute atomic E-state index is 0.862. The van der Waals surface area contributed by atoms with Crippen LogP contribution in [0.4, 0.5) is 0 Å². The van der Waals surface area contributed by atoms with Gasteiger partial charge < -0.3 is 0 Å². The van der Waals surface area contributed by atoms with E-state index in [2.05, 4.69) is 65.0 Å². The van der Waals surface area contributed by atoms with Gasteiger partial charge in [0.25, 0.3) is 0 Å². The summed E-state index contributed by atoms with van der Waals surface area (Å²) in [5.41, 5.74) is 7.34. The van der Waals surface area contributed by atoms with E-state index < -0.39 is 15.4 Å². The molecular weight excluding hydrogens is 277 g/mol. The molecule has 0 aliphatic rings. The zero-order valence-electron chi connectivity index (χ0n) is 12.1. The minimum atomic E-state index is -0.862. The SMILES string of the molecule is Cc1cc(C)[c]([GeH2][c]2c(C)cccc2C)c(C)c1. The standard InChI is InChI=1S/C17H22Ge/c1-11-9-14(4)17(15(5)10-11)18-16-12(2)7-6-8-13(16)3/h6-10H,18H2,1-5H3. The van der Waals surface area contributed by atoms with Crippen molar-refractivity contribution in [2.24, 2.45) is 0 Å². The third-order valence-electron chi connectivity index (χ3n) is 3.84. The van der Waals surface area contributed by atoms with E-state index in [0.717, 1.165) is 0 Å². The van der Waals surface area contributed by atoms with Crippen LogP contribution in [-0.2, 0) is 0 Å². The van der Waals surface area contributed by atoms with Crippen LogP contribution in [0, 0.1) is 34.6 Å². The summed E-state index contributed by atoms with van der Waals surface area (Å²) in [7, 11) is 0. The Hall–Kier alpha value is -1.02. The van der Waals surface area contributed by atoms with Gasteiger partial charge in [0.1, 0.15) is 0 Å². The summed E-state index contributed by atoms with van der Waals surface area (Å²) < 4.78 is 3.34. The first-order chi connectivity index (χ1) is 8.49. The maximum absolute atomic E-state index is 2.33. The Morgan fingerprint density at radius 2 is 1.11 bits per heavy atom. The number of benzene rings is 2. The molecule has 0 aliphatic carbocycles. The maximum atomic E-state index is 2.33. The molecule has 0 radical (unpaired) electrons. The summed E-state index contributed by atoms with van der Waals surface area (Å²) in [5, 5.41) is 0. The predicted octanol–water partition coefficient (Wildman–Crippen LogP) is 2.35. The van der Waals surface area contributed by atoms with Crippen molar-refractivity contribution in [3.8, 4) is 0 Å². The van der Waals surface area contributed by atoms with Gasteiger partial charge in [0.15, 0.2) is 0 Å². The van der Waals surface area contributed by atoms with E-state index >= 15 is 0 Å². The second kappa shape index (κ2) is 5.31. The van der Waals surface area contributed by atoms with Gasteiger partial charge in [0.2, 0.25) is 0 Å². The van der Waals surface area contributed by atoms with Crippen LogP contribution in [0.3, 0.4) is 0 Å². The van der Waals surface area contributed by atoms with Crippen molar-refractivity contribution in [1.29, 1.82) is 0 Å². The summed E-state index contributed by atoms with van der Waals surface area (Å²) in [5.74, 6) is 0. The van der Waals surface area contributed by atoms with Crippen molar-refractivity contribution in [1.82, 2.24) is 0 Å². The Kier molecular flexibility index (Phi) is 3.96. The molecule has 0 amide bonds. The van der Waals surface area contributed by atoms with E-state index in [0.29, 0.717) is 0 Å². The fraction of sp³-hybridized carbons (Fsp3) is 0.294. The molecule has 0 unspecified atom stereocenters. The van der Waals surface area contributed by atoms with Crippen molar-refractivity contribution in [2.75, 3.05) is 0 Å². The first-order valence-corrected chi connectivity index (χ1v) is 9.57. The molecule has 94 valence electrons. The number of rotatable bonds is 2. The van der Waals surface area contributed by atoms with Gasteiger partial charge >= 0.3 is 117 Å². The molecule has 18 heavy (non-hydrogen) atoms. The number of aryl methyl sites for hydroxylation is 5. The molecule has 1 heteroatoms. The van der Waals surface area contributed by atoms with E-state index in [1.54, 1.807) is 8.79 Å². The molecule has 0 atom stereocenters. The summed E-state index contributed by atoms with van der Waals surface area (Å²) >= 11 is -0.862. The van der Waals surface area contributed by atoms with E-state index in [1.807, 2.05) is 0 Å². The normalized spacial score (nSPS) is 11.4. The van der Waals surface area contributed by atoms with E-state index in [9.17, 15) is 0 Å². The Morgan fingerprint density at radius 3 is 1.61 bits per heavy atom. The van der Waals surface area contributed by atoms with Crippen molar-refractivity contribution >= 4 is 24.2 Å². The molecular formula is C17H22Ge. The summed E-state index contributed by atoms with van der Waals surface area (Å²) in [6.07, 6.45) is 0. The first-order valence-electron chi connectivity index (χ1n) is 6.61. The van der Waals surface area contributed by atoms with Crippen LogP contribution in [0.1, 0.15) is 27.8 Å². The van der Waals surface area contributed by atoms with Crippen LogP contribution < -0.4 is 8.79 Å². The van der Waals surface area contributed by atoms with Crippen LogP contribution in [0.2, 0.25) is 0 Å². The van der Waals surface area contributed by atoms with E-state index in [-0.39, 0.29) is 0 Å². The molecule has 2 aromatic rings. The topological polar surface area (TPSA) is 0 Å². The number of hydrogen-bond donors (Lipinski definition) is 0. The zero-order valence-corrected chi connectivity index (χ0v) is 15.1. The fourth-order valence-electron chi connectivity index (χ4n) is 2.79. The van der Waals surface area contributed by atoms with Gasteiger partial charge in [-0.15, -0.1) is 0 Å². The molecule has 0 nitrogen and oxygen atoms in total. The summed E-state index contributed by atoms with van der Waals surface area (Å²) in [4.78, 5) is 0. The molecule has 0 bridgehead atoms. The molecule has 0 aromatic heterocycles. The molecule has 0 saturated carbocycles. The average Bonchev–Trinajstić information content (AvgIpc) is 2.26. The van der Waals surface area contributed by atoms with Gasteiger partial charge in [0, 0.05) is 0 Å². The van der Waals surface area contributed by atoms with Gasteiger partial charge in [-0.3, -0.25) is 0 Å². The summed E-state index contributed by atoms with van der Waals surface area (Å²) in [6.45, 7) is 11.2. The molecule has 0 heterocycles. The predicted molar refractivity (Wildman–Crippen MR) is 84.4 cm³/mol. The molecule has 2 aromatic carbocycles. The molecule has 0 saturated heterocycles. The van der Waals surface area contributed by atoms with Crippen molar-refractivity contribution < 1.29 is 0 Å². The van der Waals surface area contributed by atoms with Gasteiger partial charge in [-0.05, 0) is 0 Å². The van der Waals surface area contributed by atoms with Crippen LogP contribution in [0.25, 0.3) is 0 Å². The van der Waals surface area contributed by atoms with Crippen LogP contribution in [-0.4, -0.2) is 15.4 Å². The van der Waals surface area contributed by atoms with Crippen molar-refractivity contribution in [3.05, 3.63) is 58.1 Å². The fourth-order valence-corrected chi connectivity index (χ4v) is 6.80. The average molecular weight is 299 g/mol. The van der Waals surface area contributed by atoms with Gasteiger partial charge in [-0.25, -0.2) is 0 Å².